The average Bonchev–Trinajstić information content (AvgIpc) is 3.43. The van der Waals surface area contributed by atoms with Crippen molar-refractivity contribution in [3.8, 4) is 17.2 Å². The number of likely N-dealkylation sites (tertiary alicyclic amines) is 1. The van der Waals surface area contributed by atoms with E-state index in [9.17, 15) is 14.7 Å². The second kappa shape index (κ2) is 10.2. The van der Waals surface area contributed by atoms with E-state index in [0.717, 1.165) is 19.6 Å². The van der Waals surface area contributed by atoms with Crippen LogP contribution >= 0.6 is 0 Å². The van der Waals surface area contributed by atoms with Crippen LogP contribution in [0.15, 0.2) is 48.0 Å². The van der Waals surface area contributed by atoms with Gasteiger partial charge in [0, 0.05) is 17.7 Å². The zero-order chi connectivity index (χ0) is 24.2. The zero-order valence-corrected chi connectivity index (χ0v) is 19.7. The molecule has 8 heteroatoms. The minimum absolute atomic E-state index is 0.0382. The second-order valence-corrected chi connectivity index (χ2v) is 8.18. The number of fused-ring (bicyclic) bond motifs is 1. The van der Waals surface area contributed by atoms with E-state index in [1.54, 1.807) is 36.3 Å². The number of amides is 1. The van der Waals surface area contributed by atoms with Gasteiger partial charge in [0.05, 0.1) is 18.7 Å². The quantitative estimate of drug-likeness (QED) is 0.343. The van der Waals surface area contributed by atoms with Gasteiger partial charge in [-0.3, -0.25) is 9.59 Å². The SMILES string of the molecule is CCN(CC)CCCN1C(=O)C(=O)C(=C(O)c2ccc3c(c2)OCO3)C1c1ccccc1OC. The second-order valence-electron chi connectivity index (χ2n) is 8.18. The van der Waals surface area contributed by atoms with E-state index >= 15 is 0 Å². The summed E-state index contributed by atoms with van der Waals surface area (Å²) in [5.74, 6) is -0.00814. The van der Waals surface area contributed by atoms with Gasteiger partial charge in [-0.15, -0.1) is 0 Å². The molecule has 0 bridgehead atoms. The van der Waals surface area contributed by atoms with Crippen LogP contribution in [-0.4, -0.2) is 66.7 Å². The summed E-state index contributed by atoms with van der Waals surface area (Å²) in [5, 5.41) is 11.3. The Morgan fingerprint density at radius 3 is 2.59 bits per heavy atom. The number of nitrogens with zero attached hydrogens (tertiary/aromatic N) is 2. The average molecular weight is 467 g/mol. The molecule has 34 heavy (non-hydrogen) atoms. The van der Waals surface area contributed by atoms with Gasteiger partial charge in [-0.25, -0.2) is 0 Å². The van der Waals surface area contributed by atoms with E-state index in [1.807, 2.05) is 18.2 Å². The molecule has 0 radical (unpaired) electrons. The molecule has 8 nitrogen and oxygen atoms in total. The van der Waals surface area contributed by atoms with E-state index in [0.29, 0.717) is 41.3 Å². The summed E-state index contributed by atoms with van der Waals surface area (Å²) in [6, 6.07) is 11.4. The highest BCUT2D eigenvalue weighted by Crippen LogP contribution is 2.43. The van der Waals surface area contributed by atoms with Gasteiger partial charge in [-0.1, -0.05) is 32.0 Å². The van der Waals surface area contributed by atoms with Crippen LogP contribution in [0.3, 0.4) is 0 Å². The number of aliphatic hydroxyl groups excluding tert-OH is 1. The van der Waals surface area contributed by atoms with Crippen molar-refractivity contribution in [2.45, 2.75) is 26.3 Å². The normalized spacial score (nSPS) is 18.7. The molecular weight excluding hydrogens is 436 g/mol. The minimum atomic E-state index is -0.765. The van der Waals surface area contributed by atoms with E-state index in [4.69, 9.17) is 14.2 Å². The van der Waals surface area contributed by atoms with Crippen LogP contribution in [0.5, 0.6) is 17.2 Å². The maximum Gasteiger partial charge on any atom is 0.295 e. The van der Waals surface area contributed by atoms with Gasteiger partial charge >= 0.3 is 0 Å². The largest absolute Gasteiger partial charge is 0.507 e. The lowest BCUT2D eigenvalue weighted by atomic mass is 9.94. The van der Waals surface area contributed by atoms with Crippen LogP contribution in [-0.2, 0) is 9.59 Å². The summed E-state index contributed by atoms with van der Waals surface area (Å²) >= 11 is 0. The lowest BCUT2D eigenvalue weighted by Crippen LogP contribution is -2.33. The highest BCUT2D eigenvalue weighted by molar-refractivity contribution is 6.46. The number of Topliss-reactive ketones (excluding diaryl/α,β-unsaturated/α-hetero) is 1. The number of aliphatic hydroxyl groups is 1. The molecule has 1 amide bonds. The Morgan fingerprint density at radius 2 is 1.85 bits per heavy atom. The van der Waals surface area contributed by atoms with Crippen molar-refractivity contribution >= 4 is 17.4 Å². The number of benzene rings is 2. The first kappa shape index (κ1) is 23.6. The molecule has 1 saturated heterocycles. The summed E-state index contributed by atoms with van der Waals surface area (Å²) in [7, 11) is 1.54. The molecule has 4 rings (SSSR count). The molecule has 2 heterocycles. The third-order valence-electron chi connectivity index (χ3n) is 6.39. The Bertz CT molecular complexity index is 1110. The van der Waals surface area contributed by atoms with Crippen molar-refractivity contribution in [1.82, 2.24) is 9.80 Å². The Balaban J connectivity index is 1.77. The minimum Gasteiger partial charge on any atom is -0.507 e. The highest BCUT2D eigenvalue weighted by atomic mass is 16.7. The summed E-state index contributed by atoms with van der Waals surface area (Å²) in [4.78, 5) is 30.2. The third kappa shape index (κ3) is 4.33. The topological polar surface area (TPSA) is 88.5 Å². The molecule has 180 valence electrons. The number of hydrogen-bond donors (Lipinski definition) is 1. The first-order valence-electron chi connectivity index (χ1n) is 11.5. The number of hydrogen-bond acceptors (Lipinski definition) is 7. The Hall–Kier alpha value is -3.52. The van der Waals surface area contributed by atoms with Crippen LogP contribution in [0.4, 0.5) is 0 Å². The van der Waals surface area contributed by atoms with Gasteiger partial charge in [-0.05, 0) is 50.3 Å². The van der Waals surface area contributed by atoms with Gasteiger partial charge in [-0.2, -0.15) is 0 Å². The number of methoxy groups -OCH3 is 1. The number of para-hydroxylation sites is 1. The molecule has 1 unspecified atom stereocenters. The number of carbonyl (C=O) groups is 2. The van der Waals surface area contributed by atoms with E-state index < -0.39 is 17.7 Å². The number of rotatable bonds is 9. The molecule has 0 aromatic heterocycles. The predicted octanol–water partition coefficient (Wildman–Crippen LogP) is 3.58. The maximum atomic E-state index is 13.2. The number of carbonyl (C=O) groups excluding carboxylic acids is 2. The van der Waals surface area contributed by atoms with Gasteiger partial charge in [0.25, 0.3) is 11.7 Å². The highest BCUT2D eigenvalue weighted by Gasteiger charge is 2.46. The van der Waals surface area contributed by atoms with Gasteiger partial charge < -0.3 is 29.1 Å². The van der Waals surface area contributed by atoms with Crippen LogP contribution in [0.25, 0.3) is 5.76 Å². The third-order valence-corrected chi connectivity index (χ3v) is 6.39. The number of ether oxygens (including phenoxy) is 3. The van der Waals surface area contributed by atoms with Crippen LogP contribution < -0.4 is 14.2 Å². The van der Waals surface area contributed by atoms with Crippen LogP contribution in [0.2, 0.25) is 0 Å². The Kier molecular flexibility index (Phi) is 7.07. The van der Waals surface area contributed by atoms with E-state index in [-0.39, 0.29) is 18.1 Å². The molecule has 0 aliphatic carbocycles. The number of ketones is 1. The summed E-state index contributed by atoms with van der Waals surface area (Å²) in [6.45, 7) is 7.28. The smallest absolute Gasteiger partial charge is 0.295 e. The van der Waals surface area contributed by atoms with Crippen molar-refractivity contribution < 1.29 is 28.9 Å². The first-order valence-corrected chi connectivity index (χ1v) is 11.5. The molecule has 2 aromatic carbocycles. The summed E-state index contributed by atoms with van der Waals surface area (Å²) in [5.41, 5.74) is 1.07. The molecular formula is C26H30N2O6. The molecule has 1 atom stereocenters. The maximum absolute atomic E-state index is 13.2. The van der Waals surface area contributed by atoms with Crippen molar-refractivity contribution in [2.24, 2.45) is 0 Å². The fourth-order valence-electron chi connectivity index (χ4n) is 4.53. The monoisotopic (exact) mass is 466 g/mol. The fraction of sp³-hybridized carbons (Fsp3) is 0.385. The lowest BCUT2D eigenvalue weighted by Gasteiger charge is -2.27. The molecule has 1 N–H and O–H groups in total. The van der Waals surface area contributed by atoms with Gasteiger partial charge in [0.15, 0.2) is 11.5 Å². The molecule has 0 spiro atoms. The lowest BCUT2D eigenvalue weighted by molar-refractivity contribution is -0.140. The first-order chi connectivity index (χ1) is 16.5. The zero-order valence-electron chi connectivity index (χ0n) is 19.7. The van der Waals surface area contributed by atoms with E-state index in [1.165, 1.54) is 0 Å². The molecule has 2 aliphatic heterocycles. The van der Waals surface area contributed by atoms with Crippen LogP contribution in [0, 0.1) is 0 Å². The molecule has 2 aromatic rings. The summed E-state index contributed by atoms with van der Waals surface area (Å²) < 4.78 is 16.3. The standard InChI is InChI=1S/C26H30N2O6/c1-4-27(5-2)13-8-14-28-23(18-9-6-7-10-19(18)32-3)22(25(30)26(28)31)24(29)17-11-12-20-21(15-17)34-16-33-20/h6-7,9-12,15,23,29H,4-5,8,13-14,16H2,1-3H3. The predicted molar refractivity (Wildman–Crippen MR) is 127 cm³/mol. The molecule has 1 fully saturated rings. The van der Waals surface area contributed by atoms with Crippen molar-refractivity contribution in [3.05, 3.63) is 59.2 Å². The Morgan fingerprint density at radius 1 is 1.12 bits per heavy atom. The molecule has 2 aliphatic rings. The van der Waals surface area contributed by atoms with Gasteiger partial charge in [0.1, 0.15) is 11.5 Å². The fourth-order valence-corrected chi connectivity index (χ4v) is 4.53. The van der Waals surface area contributed by atoms with Gasteiger partial charge in [0.2, 0.25) is 6.79 Å². The van der Waals surface area contributed by atoms with Crippen molar-refractivity contribution in [2.75, 3.05) is 40.1 Å². The molecule has 0 saturated carbocycles. The van der Waals surface area contributed by atoms with Crippen LogP contribution in [0.1, 0.15) is 37.4 Å². The van der Waals surface area contributed by atoms with E-state index in [2.05, 4.69) is 18.7 Å². The summed E-state index contributed by atoms with van der Waals surface area (Å²) in [6.07, 6.45) is 0.699. The van der Waals surface area contributed by atoms with Crippen molar-refractivity contribution in [1.29, 1.82) is 0 Å². The van der Waals surface area contributed by atoms with Crippen molar-refractivity contribution in [3.63, 3.8) is 0 Å². The Labute approximate surface area is 199 Å².